The summed E-state index contributed by atoms with van der Waals surface area (Å²) in [5.74, 6) is -0.402. The number of primary amides is 1. The van der Waals surface area contributed by atoms with E-state index in [0.717, 1.165) is 11.4 Å². The molecule has 0 radical (unpaired) electrons. The van der Waals surface area contributed by atoms with Crippen LogP contribution in [0.1, 0.15) is 5.56 Å². The van der Waals surface area contributed by atoms with Gasteiger partial charge in [0.25, 0.3) is 0 Å². The second-order valence-electron chi connectivity index (χ2n) is 4.38. The zero-order chi connectivity index (χ0) is 13.8. The number of benzene rings is 1. The third kappa shape index (κ3) is 4.22. The van der Waals surface area contributed by atoms with Gasteiger partial charge in [-0.3, -0.25) is 4.79 Å². The molecule has 2 rings (SSSR count). The van der Waals surface area contributed by atoms with Gasteiger partial charge >= 0.3 is 0 Å². The molecule has 1 aromatic rings. The third-order valence-corrected chi connectivity index (χ3v) is 5.43. The van der Waals surface area contributed by atoms with Gasteiger partial charge in [0, 0.05) is 38.8 Å². The molecule has 104 valence electrons. The predicted octanol–water partition coefficient (Wildman–Crippen LogP) is 2.44. The smallest absolute Gasteiger partial charge is 0.247 e. The molecule has 1 aliphatic heterocycles. The molecular formula is C12H14ClIN2O2S. The third-order valence-electron chi connectivity index (χ3n) is 3.03. The second-order valence-corrected chi connectivity index (χ2v) is 6.60. The molecule has 1 aliphatic rings. The lowest BCUT2D eigenvalue weighted by molar-refractivity contribution is -0.134. The lowest BCUT2D eigenvalue weighted by atomic mass is 10.1. The van der Waals surface area contributed by atoms with E-state index in [1.807, 2.05) is 24.3 Å². The van der Waals surface area contributed by atoms with E-state index in [4.69, 9.17) is 22.1 Å². The standard InChI is InChI=1S/C12H14ClIN2O2S/c13-9-3-1-8(2-4-9)5-10-7-18-11(12(15)17)6-16(10)19-14/h1-4,10-11H,5-7H2,(H2,15,17)/t10-,11-/m0/s1. The molecular weight excluding hydrogens is 399 g/mol. The zero-order valence-electron chi connectivity index (χ0n) is 10.1. The Bertz CT molecular complexity index is 446. The molecule has 0 bridgehead atoms. The molecule has 1 aromatic carbocycles. The number of amides is 1. The molecule has 0 aliphatic carbocycles. The van der Waals surface area contributed by atoms with Crippen molar-refractivity contribution in [2.75, 3.05) is 13.2 Å². The van der Waals surface area contributed by atoms with E-state index < -0.39 is 12.0 Å². The van der Waals surface area contributed by atoms with Crippen molar-refractivity contribution in [3.8, 4) is 0 Å². The van der Waals surface area contributed by atoms with E-state index in [-0.39, 0.29) is 6.04 Å². The Hall–Kier alpha value is -0.0200. The molecule has 1 heterocycles. The van der Waals surface area contributed by atoms with Gasteiger partial charge < -0.3 is 10.5 Å². The quantitative estimate of drug-likeness (QED) is 0.610. The van der Waals surface area contributed by atoms with Crippen molar-refractivity contribution >= 4 is 47.8 Å². The first-order valence-electron chi connectivity index (χ1n) is 5.81. The van der Waals surface area contributed by atoms with Gasteiger partial charge in [0.2, 0.25) is 5.91 Å². The van der Waals surface area contributed by atoms with Crippen molar-refractivity contribution in [3.63, 3.8) is 0 Å². The summed E-state index contributed by atoms with van der Waals surface area (Å²) in [5, 5.41) is 0.734. The highest BCUT2D eigenvalue weighted by atomic mass is 127. The number of nitrogens with two attached hydrogens (primary N) is 1. The predicted molar refractivity (Wildman–Crippen MR) is 86.2 cm³/mol. The van der Waals surface area contributed by atoms with E-state index in [1.165, 1.54) is 5.56 Å². The maximum atomic E-state index is 11.2. The van der Waals surface area contributed by atoms with Crippen LogP contribution in [-0.4, -0.2) is 35.5 Å². The van der Waals surface area contributed by atoms with E-state index in [0.29, 0.717) is 13.2 Å². The highest BCUT2D eigenvalue weighted by Crippen LogP contribution is 2.28. The number of rotatable bonds is 4. The van der Waals surface area contributed by atoms with E-state index in [2.05, 4.69) is 25.5 Å². The highest BCUT2D eigenvalue weighted by Gasteiger charge is 2.31. The van der Waals surface area contributed by atoms with Gasteiger partial charge in [-0.15, -0.1) is 0 Å². The van der Waals surface area contributed by atoms with E-state index in [9.17, 15) is 4.79 Å². The monoisotopic (exact) mass is 412 g/mol. The van der Waals surface area contributed by atoms with Crippen LogP contribution in [0.15, 0.2) is 24.3 Å². The van der Waals surface area contributed by atoms with Crippen LogP contribution in [0.25, 0.3) is 0 Å². The van der Waals surface area contributed by atoms with Crippen LogP contribution in [0.4, 0.5) is 0 Å². The van der Waals surface area contributed by atoms with Crippen LogP contribution in [0.2, 0.25) is 5.02 Å². The average Bonchev–Trinajstić information content (AvgIpc) is 2.41. The van der Waals surface area contributed by atoms with Gasteiger partial charge in [0.1, 0.15) is 6.10 Å². The molecule has 1 fully saturated rings. The summed E-state index contributed by atoms with van der Waals surface area (Å²) in [5.41, 5.74) is 6.48. The molecule has 2 atom stereocenters. The molecule has 1 amide bonds. The van der Waals surface area contributed by atoms with Crippen molar-refractivity contribution < 1.29 is 9.53 Å². The molecule has 0 unspecified atom stereocenters. The van der Waals surface area contributed by atoms with Gasteiger partial charge in [-0.05, 0) is 33.2 Å². The van der Waals surface area contributed by atoms with Crippen LogP contribution in [-0.2, 0) is 16.0 Å². The fraction of sp³-hybridized carbons (Fsp3) is 0.417. The number of hydrogen-bond acceptors (Lipinski definition) is 4. The number of halogens is 2. The Morgan fingerprint density at radius 3 is 2.79 bits per heavy atom. The molecule has 0 aromatic heterocycles. The fourth-order valence-electron chi connectivity index (χ4n) is 1.99. The highest BCUT2D eigenvalue weighted by molar-refractivity contribution is 14.2. The number of ether oxygens (including phenoxy) is 1. The molecule has 0 saturated carbocycles. The van der Waals surface area contributed by atoms with Crippen LogP contribution in [0, 0.1) is 0 Å². The molecule has 1 saturated heterocycles. The first kappa shape index (κ1) is 15.4. The first-order chi connectivity index (χ1) is 9.10. The van der Waals surface area contributed by atoms with Crippen molar-refractivity contribution in [2.24, 2.45) is 5.73 Å². The van der Waals surface area contributed by atoms with E-state index >= 15 is 0 Å². The Kier molecular flexibility index (Phi) is 5.76. The van der Waals surface area contributed by atoms with Gasteiger partial charge in [-0.1, -0.05) is 23.7 Å². The lowest BCUT2D eigenvalue weighted by Crippen LogP contribution is -2.51. The van der Waals surface area contributed by atoms with Crippen LogP contribution < -0.4 is 5.73 Å². The fourth-order valence-corrected chi connectivity index (χ4v) is 4.00. The van der Waals surface area contributed by atoms with Crippen LogP contribution in [0.3, 0.4) is 0 Å². The summed E-state index contributed by atoms with van der Waals surface area (Å²) in [6.07, 6.45) is 0.349. The molecule has 0 spiro atoms. The summed E-state index contributed by atoms with van der Waals surface area (Å²) < 4.78 is 7.67. The minimum absolute atomic E-state index is 0.235. The maximum absolute atomic E-state index is 11.2. The Morgan fingerprint density at radius 1 is 1.53 bits per heavy atom. The zero-order valence-corrected chi connectivity index (χ0v) is 13.8. The lowest BCUT2D eigenvalue weighted by Gasteiger charge is -2.36. The topological polar surface area (TPSA) is 55.6 Å². The number of carbonyl (C=O) groups is 1. The van der Waals surface area contributed by atoms with Crippen molar-refractivity contribution in [3.05, 3.63) is 34.9 Å². The summed E-state index contributed by atoms with van der Waals surface area (Å²) in [4.78, 5) is 11.2. The van der Waals surface area contributed by atoms with Gasteiger partial charge in [0.15, 0.2) is 0 Å². The van der Waals surface area contributed by atoms with Crippen LogP contribution in [0.5, 0.6) is 0 Å². The minimum Gasteiger partial charge on any atom is -0.367 e. The molecule has 19 heavy (non-hydrogen) atoms. The molecule has 4 nitrogen and oxygen atoms in total. The van der Waals surface area contributed by atoms with E-state index in [1.54, 1.807) is 9.12 Å². The van der Waals surface area contributed by atoms with Crippen molar-refractivity contribution in [1.82, 2.24) is 4.31 Å². The normalized spacial score (nSPS) is 24.3. The summed E-state index contributed by atoms with van der Waals surface area (Å²) in [7, 11) is 1.59. The first-order valence-corrected chi connectivity index (χ1v) is 9.50. The largest absolute Gasteiger partial charge is 0.367 e. The SMILES string of the molecule is NC(=O)[C@@H]1CN(SI)[C@@H](Cc2ccc(Cl)cc2)CO1. The summed E-state index contributed by atoms with van der Waals surface area (Å²) in [6.45, 7) is 1.04. The number of nitrogens with zero attached hydrogens (tertiary/aromatic N) is 1. The second kappa shape index (κ2) is 7.12. The van der Waals surface area contributed by atoms with Gasteiger partial charge in [-0.2, -0.15) is 0 Å². The van der Waals surface area contributed by atoms with Gasteiger partial charge in [-0.25, -0.2) is 4.31 Å². The average molecular weight is 413 g/mol. The Morgan fingerprint density at radius 2 is 2.21 bits per heavy atom. The number of carbonyl (C=O) groups excluding carboxylic acids is 1. The van der Waals surface area contributed by atoms with Gasteiger partial charge in [0.05, 0.1) is 6.61 Å². The van der Waals surface area contributed by atoms with Crippen molar-refractivity contribution in [2.45, 2.75) is 18.6 Å². The molecule has 2 N–H and O–H groups in total. The van der Waals surface area contributed by atoms with Crippen molar-refractivity contribution in [1.29, 1.82) is 0 Å². The number of morpholine rings is 1. The summed E-state index contributed by atoms with van der Waals surface area (Å²) in [6, 6.07) is 8.03. The molecule has 7 heteroatoms. The Balaban J connectivity index is 2.00. The van der Waals surface area contributed by atoms with Crippen LogP contribution >= 0.6 is 41.9 Å². The maximum Gasteiger partial charge on any atom is 0.247 e. The Labute approximate surface area is 133 Å². The number of hydrogen-bond donors (Lipinski definition) is 1. The minimum atomic E-state index is -0.510. The summed E-state index contributed by atoms with van der Waals surface area (Å²) >= 11 is 8.09.